The van der Waals surface area contributed by atoms with Crippen LogP contribution in [0.25, 0.3) is 17.0 Å². The van der Waals surface area contributed by atoms with Gasteiger partial charge in [-0.05, 0) is 35.9 Å². The van der Waals surface area contributed by atoms with Crippen LogP contribution in [0, 0.1) is 11.3 Å². The first-order chi connectivity index (χ1) is 14.6. The lowest BCUT2D eigenvalue weighted by atomic mass is 10.1. The van der Waals surface area contributed by atoms with E-state index in [2.05, 4.69) is 22.0 Å². The Morgan fingerprint density at radius 3 is 2.57 bits per heavy atom. The second-order valence-corrected chi connectivity index (χ2v) is 7.29. The molecule has 0 radical (unpaired) electrons. The van der Waals surface area contributed by atoms with Crippen LogP contribution in [-0.2, 0) is 11.3 Å². The summed E-state index contributed by atoms with van der Waals surface area (Å²) in [7, 11) is 0. The summed E-state index contributed by atoms with van der Waals surface area (Å²) in [6.45, 7) is 0.700. The Balaban J connectivity index is 1.68. The van der Waals surface area contributed by atoms with Crippen LogP contribution >= 0.6 is 11.6 Å². The van der Waals surface area contributed by atoms with E-state index in [1.54, 1.807) is 30.3 Å². The molecule has 0 atom stereocenters. The largest absolute Gasteiger partial charge is 0.342 e. The van der Waals surface area contributed by atoms with Crippen LogP contribution < -0.4 is 5.32 Å². The molecule has 0 unspecified atom stereocenters. The molecule has 0 spiro atoms. The lowest BCUT2D eigenvalue weighted by Crippen LogP contribution is -2.13. The lowest BCUT2D eigenvalue weighted by molar-refractivity contribution is -0.112. The smallest absolute Gasteiger partial charge is 0.266 e. The number of halogens is 1. The van der Waals surface area contributed by atoms with Crippen molar-refractivity contribution in [2.45, 2.75) is 6.54 Å². The molecule has 0 aliphatic carbocycles. The molecule has 0 saturated carbocycles. The van der Waals surface area contributed by atoms with E-state index in [4.69, 9.17) is 11.6 Å². The fourth-order valence-electron chi connectivity index (χ4n) is 3.37. The molecule has 4 nitrogen and oxygen atoms in total. The van der Waals surface area contributed by atoms with E-state index in [1.165, 1.54) is 5.56 Å². The summed E-state index contributed by atoms with van der Waals surface area (Å²) < 4.78 is 2.13. The SMILES string of the molecule is N#CC(=Cc1cn(Cc2ccccc2)c2ccccc12)C(=O)Nc1cccc(Cl)c1. The number of nitrogens with one attached hydrogen (secondary N) is 1. The fourth-order valence-corrected chi connectivity index (χ4v) is 3.56. The van der Waals surface area contributed by atoms with Crippen LogP contribution in [0.2, 0.25) is 5.02 Å². The quantitative estimate of drug-likeness (QED) is 0.329. The Labute approximate surface area is 179 Å². The van der Waals surface area contributed by atoms with Gasteiger partial charge in [-0.3, -0.25) is 4.79 Å². The molecule has 5 heteroatoms. The molecule has 0 aliphatic rings. The van der Waals surface area contributed by atoms with Gasteiger partial charge in [-0.1, -0.05) is 66.2 Å². The molecule has 1 aromatic heterocycles. The molecule has 3 aromatic carbocycles. The number of carbonyl (C=O) groups is 1. The van der Waals surface area contributed by atoms with Crippen molar-refractivity contribution in [1.29, 1.82) is 5.26 Å². The number of rotatable bonds is 5. The normalized spacial score (nSPS) is 11.3. The second-order valence-electron chi connectivity index (χ2n) is 6.85. The van der Waals surface area contributed by atoms with Gasteiger partial charge in [0.1, 0.15) is 11.6 Å². The summed E-state index contributed by atoms with van der Waals surface area (Å²) in [6, 6.07) is 27.0. The van der Waals surface area contributed by atoms with E-state index < -0.39 is 5.91 Å². The van der Waals surface area contributed by atoms with Crippen LogP contribution in [-0.4, -0.2) is 10.5 Å². The van der Waals surface area contributed by atoms with Crippen LogP contribution in [0.1, 0.15) is 11.1 Å². The standard InChI is InChI=1S/C25H18ClN3O/c26-21-9-6-10-22(14-21)28-25(30)19(15-27)13-20-17-29(16-18-7-2-1-3-8-18)24-12-5-4-11-23(20)24/h1-14,17H,16H2,(H,28,30). The Kier molecular flexibility index (Phi) is 5.65. The van der Waals surface area contributed by atoms with Crippen LogP contribution in [0.15, 0.2) is 90.6 Å². The van der Waals surface area contributed by atoms with Crippen molar-refractivity contribution in [1.82, 2.24) is 4.57 Å². The van der Waals surface area contributed by atoms with E-state index in [0.29, 0.717) is 17.3 Å². The van der Waals surface area contributed by atoms with Gasteiger partial charge >= 0.3 is 0 Å². The predicted molar refractivity (Wildman–Crippen MR) is 121 cm³/mol. The Morgan fingerprint density at radius 1 is 1.03 bits per heavy atom. The van der Waals surface area contributed by atoms with Gasteiger partial charge < -0.3 is 9.88 Å². The van der Waals surface area contributed by atoms with Gasteiger partial charge in [0.2, 0.25) is 0 Å². The number of anilines is 1. The van der Waals surface area contributed by atoms with E-state index in [9.17, 15) is 10.1 Å². The number of carbonyl (C=O) groups excluding carboxylic acids is 1. The van der Waals surface area contributed by atoms with Gasteiger partial charge in [0.25, 0.3) is 5.91 Å². The van der Waals surface area contributed by atoms with Gasteiger partial charge in [-0.25, -0.2) is 0 Å². The maximum Gasteiger partial charge on any atom is 0.266 e. The molecule has 0 bridgehead atoms. The monoisotopic (exact) mass is 411 g/mol. The number of fused-ring (bicyclic) bond motifs is 1. The van der Waals surface area contributed by atoms with E-state index in [1.807, 2.05) is 54.7 Å². The van der Waals surface area contributed by atoms with Crippen LogP contribution in [0.3, 0.4) is 0 Å². The van der Waals surface area contributed by atoms with E-state index >= 15 is 0 Å². The summed E-state index contributed by atoms with van der Waals surface area (Å²) >= 11 is 5.97. The predicted octanol–water partition coefficient (Wildman–Crippen LogP) is 5.89. The molecule has 0 fully saturated rings. The third kappa shape index (κ3) is 4.27. The zero-order valence-corrected chi connectivity index (χ0v) is 16.8. The van der Waals surface area contributed by atoms with Crippen LogP contribution in [0.5, 0.6) is 0 Å². The van der Waals surface area contributed by atoms with E-state index in [-0.39, 0.29) is 5.57 Å². The minimum atomic E-state index is -0.473. The third-order valence-electron chi connectivity index (χ3n) is 4.76. The summed E-state index contributed by atoms with van der Waals surface area (Å²) in [4.78, 5) is 12.6. The molecule has 1 amide bonds. The Morgan fingerprint density at radius 2 is 1.80 bits per heavy atom. The van der Waals surface area contributed by atoms with Crippen LogP contribution in [0.4, 0.5) is 5.69 Å². The van der Waals surface area contributed by atoms with Gasteiger partial charge in [-0.15, -0.1) is 0 Å². The minimum absolute atomic E-state index is 0.0255. The molecule has 4 aromatic rings. The zero-order valence-electron chi connectivity index (χ0n) is 16.0. The highest BCUT2D eigenvalue weighted by Crippen LogP contribution is 2.25. The highest BCUT2D eigenvalue weighted by molar-refractivity contribution is 6.31. The summed E-state index contributed by atoms with van der Waals surface area (Å²) in [5, 5.41) is 13.8. The van der Waals surface area contributed by atoms with Gasteiger partial charge in [0.05, 0.1) is 0 Å². The Bertz CT molecular complexity index is 1280. The fraction of sp³-hybridized carbons (Fsp3) is 0.0400. The molecule has 1 N–H and O–H groups in total. The van der Waals surface area contributed by atoms with Crippen molar-refractivity contribution in [2.24, 2.45) is 0 Å². The van der Waals surface area contributed by atoms with Crippen molar-refractivity contribution in [3.8, 4) is 6.07 Å². The van der Waals surface area contributed by atoms with Crippen molar-refractivity contribution in [3.63, 3.8) is 0 Å². The molecule has 30 heavy (non-hydrogen) atoms. The third-order valence-corrected chi connectivity index (χ3v) is 5.00. The Hall–Kier alpha value is -3.81. The summed E-state index contributed by atoms with van der Waals surface area (Å²) in [6.07, 6.45) is 3.60. The van der Waals surface area contributed by atoms with Crippen molar-refractivity contribution < 1.29 is 4.79 Å². The highest BCUT2D eigenvalue weighted by Gasteiger charge is 2.13. The number of hydrogen-bond acceptors (Lipinski definition) is 2. The summed E-state index contributed by atoms with van der Waals surface area (Å²) in [5.41, 5.74) is 3.60. The second kappa shape index (κ2) is 8.69. The number of aromatic nitrogens is 1. The van der Waals surface area contributed by atoms with Gasteiger partial charge in [0.15, 0.2) is 0 Å². The maximum absolute atomic E-state index is 12.6. The zero-order chi connectivity index (χ0) is 20.9. The van der Waals surface area contributed by atoms with Gasteiger partial charge in [-0.2, -0.15) is 5.26 Å². The summed E-state index contributed by atoms with van der Waals surface area (Å²) in [5.74, 6) is -0.473. The first kappa shape index (κ1) is 19.5. The maximum atomic E-state index is 12.6. The number of amides is 1. The molecule has 146 valence electrons. The lowest BCUT2D eigenvalue weighted by Gasteiger charge is -2.05. The van der Waals surface area contributed by atoms with Crippen molar-refractivity contribution in [3.05, 3.63) is 107 Å². The highest BCUT2D eigenvalue weighted by atomic mass is 35.5. The number of hydrogen-bond donors (Lipinski definition) is 1. The molecule has 4 rings (SSSR count). The molecule has 0 aliphatic heterocycles. The minimum Gasteiger partial charge on any atom is -0.342 e. The molecule has 1 heterocycles. The number of nitrogens with zero attached hydrogens (tertiary/aromatic N) is 2. The molecule has 0 saturated heterocycles. The number of benzene rings is 3. The average molecular weight is 412 g/mol. The van der Waals surface area contributed by atoms with Crippen molar-refractivity contribution in [2.75, 3.05) is 5.32 Å². The topological polar surface area (TPSA) is 57.8 Å². The average Bonchev–Trinajstić information content (AvgIpc) is 3.10. The molecular weight excluding hydrogens is 394 g/mol. The number of nitriles is 1. The first-order valence-corrected chi connectivity index (χ1v) is 9.82. The van der Waals surface area contributed by atoms with Crippen molar-refractivity contribution >= 4 is 40.2 Å². The molecular formula is C25H18ClN3O. The first-order valence-electron chi connectivity index (χ1n) is 9.44. The van der Waals surface area contributed by atoms with Gasteiger partial charge in [0, 0.05) is 39.9 Å². The van der Waals surface area contributed by atoms with E-state index in [0.717, 1.165) is 16.5 Å². The number of para-hydroxylation sites is 1.